The molecule has 1 N–H and O–H groups in total. The molecule has 0 unspecified atom stereocenters. The summed E-state index contributed by atoms with van der Waals surface area (Å²) in [5, 5.41) is 2.54. The lowest BCUT2D eigenvalue weighted by Crippen LogP contribution is -2.69. The van der Waals surface area contributed by atoms with Gasteiger partial charge in [0, 0.05) is 41.7 Å². The maximum Gasteiger partial charge on any atom is 0.366 e. The van der Waals surface area contributed by atoms with Crippen LogP contribution in [0.3, 0.4) is 0 Å². The molecule has 1 fully saturated rings. The molecule has 1 saturated heterocycles. The molecule has 1 aliphatic rings. The summed E-state index contributed by atoms with van der Waals surface area (Å²) < 4.78 is 36.9. The summed E-state index contributed by atoms with van der Waals surface area (Å²) in [6.45, 7) is 4.92. The van der Waals surface area contributed by atoms with Gasteiger partial charge in [0.05, 0.1) is 19.6 Å². The van der Waals surface area contributed by atoms with E-state index in [1.807, 2.05) is 0 Å². The van der Waals surface area contributed by atoms with Crippen LogP contribution in [-0.4, -0.2) is 92.8 Å². The van der Waals surface area contributed by atoms with Crippen LogP contribution in [0, 0.1) is 0 Å². The van der Waals surface area contributed by atoms with Crippen LogP contribution in [-0.2, 0) is 61.9 Å². The van der Waals surface area contributed by atoms with Gasteiger partial charge in [-0.3, -0.25) is 24.0 Å². The zero-order chi connectivity index (χ0) is 26.9. The average Bonchev–Trinajstić information content (AvgIpc) is 2.74. The van der Waals surface area contributed by atoms with Crippen LogP contribution < -0.4 is 5.32 Å². The van der Waals surface area contributed by atoms with Crippen LogP contribution in [0.2, 0.25) is 0 Å². The Kier molecular flexibility index (Phi) is 11.1. The van der Waals surface area contributed by atoms with E-state index in [0.29, 0.717) is 0 Å². The van der Waals surface area contributed by atoms with Gasteiger partial charge >= 0.3 is 29.8 Å². The highest BCUT2D eigenvalue weighted by molar-refractivity contribution is 5.79. The third kappa shape index (κ3) is 8.47. The van der Waals surface area contributed by atoms with Crippen molar-refractivity contribution in [2.24, 2.45) is 0 Å². The predicted molar refractivity (Wildman–Crippen MR) is 112 cm³/mol. The molecular formula is C21H31NO13. The normalized spacial score (nSPS) is 25.3. The van der Waals surface area contributed by atoms with Crippen molar-refractivity contribution < 1.29 is 61.9 Å². The number of carbonyl (C=O) groups excluding carboxylic acids is 6. The zero-order valence-corrected chi connectivity index (χ0v) is 20.6. The van der Waals surface area contributed by atoms with E-state index in [4.69, 9.17) is 33.2 Å². The number of hydrogen-bond donors (Lipinski definition) is 1. The molecule has 1 rings (SSSR count). The van der Waals surface area contributed by atoms with Gasteiger partial charge in [-0.05, 0) is 0 Å². The van der Waals surface area contributed by atoms with Gasteiger partial charge in [-0.15, -0.1) is 0 Å². The molecule has 1 aliphatic heterocycles. The highest BCUT2D eigenvalue weighted by atomic mass is 16.7. The first kappa shape index (κ1) is 29.8. The van der Waals surface area contributed by atoms with Crippen LogP contribution in [0.5, 0.6) is 0 Å². The summed E-state index contributed by atoms with van der Waals surface area (Å²) in [5.74, 6) is -6.96. The van der Waals surface area contributed by atoms with Crippen molar-refractivity contribution >= 4 is 35.8 Å². The van der Waals surface area contributed by atoms with E-state index >= 15 is 0 Å². The third-order valence-electron chi connectivity index (χ3n) is 4.82. The molecule has 0 bridgehead atoms. The lowest BCUT2D eigenvalue weighted by atomic mass is 9.88. The summed E-state index contributed by atoms with van der Waals surface area (Å²) in [4.78, 5) is 71.8. The smallest absolute Gasteiger partial charge is 0.366 e. The molecule has 0 radical (unpaired) electrons. The first-order valence-corrected chi connectivity index (χ1v) is 10.5. The molecule has 6 atom stereocenters. The molecule has 14 heteroatoms. The highest BCUT2D eigenvalue weighted by Crippen LogP contribution is 2.36. The Morgan fingerprint density at radius 2 is 1.51 bits per heavy atom. The lowest BCUT2D eigenvalue weighted by Gasteiger charge is -2.48. The minimum atomic E-state index is -2.17. The first-order chi connectivity index (χ1) is 16.3. The molecule has 0 saturated carbocycles. The zero-order valence-electron chi connectivity index (χ0n) is 20.6. The lowest BCUT2D eigenvalue weighted by molar-refractivity contribution is -0.307. The summed E-state index contributed by atoms with van der Waals surface area (Å²) in [6.07, 6.45) is -6.22. The number of esters is 5. The van der Waals surface area contributed by atoms with Gasteiger partial charge in [-0.2, -0.15) is 0 Å². The van der Waals surface area contributed by atoms with Crippen molar-refractivity contribution in [1.82, 2.24) is 5.32 Å². The quantitative estimate of drug-likeness (QED) is 0.287. The Bertz CT molecular complexity index is 828. The van der Waals surface area contributed by atoms with Crippen molar-refractivity contribution in [2.75, 3.05) is 20.8 Å². The maximum atomic E-state index is 12.7. The maximum absolute atomic E-state index is 12.7. The van der Waals surface area contributed by atoms with Crippen LogP contribution in [0.15, 0.2) is 0 Å². The third-order valence-corrected chi connectivity index (χ3v) is 4.82. The number of methoxy groups -OCH3 is 2. The molecule has 0 aromatic rings. The van der Waals surface area contributed by atoms with Gasteiger partial charge < -0.3 is 38.5 Å². The minimum absolute atomic E-state index is 0.411. The van der Waals surface area contributed by atoms with E-state index in [9.17, 15) is 28.8 Å². The van der Waals surface area contributed by atoms with Crippen LogP contribution in [0.25, 0.3) is 0 Å². The molecule has 1 heterocycles. The summed E-state index contributed by atoms with van der Waals surface area (Å²) in [7, 11) is 2.19. The van der Waals surface area contributed by atoms with E-state index in [1.54, 1.807) is 0 Å². The van der Waals surface area contributed by atoms with Crippen LogP contribution >= 0.6 is 0 Å². The number of nitrogens with one attached hydrogen (secondary N) is 1. The molecule has 14 nitrogen and oxygen atoms in total. The van der Waals surface area contributed by atoms with E-state index < -0.39 is 85.0 Å². The molecule has 0 aromatic carbocycles. The minimum Gasteiger partial charge on any atom is -0.465 e. The first-order valence-electron chi connectivity index (χ1n) is 10.5. The van der Waals surface area contributed by atoms with Crippen LogP contribution in [0.4, 0.5) is 0 Å². The Morgan fingerprint density at radius 1 is 0.914 bits per heavy atom. The van der Waals surface area contributed by atoms with E-state index in [1.165, 1.54) is 6.92 Å². The van der Waals surface area contributed by atoms with Gasteiger partial charge in [-0.25, -0.2) is 4.79 Å². The van der Waals surface area contributed by atoms with Gasteiger partial charge in [0.1, 0.15) is 18.8 Å². The largest absolute Gasteiger partial charge is 0.465 e. The Balaban J connectivity index is 3.72. The fraction of sp³-hybridized carbons (Fsp3) is 0.714. The van der Waals surface area contributed by atoms with Crippen molar-refractivity contribution in [3.05, 3.63) is 0 Å². The average molecular weight is 505 g/mol. The fourth-order valence-electron chi connectivity index (χ4n) is 3.61. The van der Waals surface area contributed by atoms with Crippen molar-refractivity contribution in [1.29, 1.82) is 0 Å². The Hall–Kier alpha value is -3.26. The standard InChI is InChI=1S/C21H31NO13/c1-10(23)22-17-15(32-12(3)25)8-21(30-7,20(28)29-6)35-19(17)18(34-14(5)27)16(33-13(4)26)9-31-11(2)24/h15-19H,8-9H2,1-7H3,(H,22,23)/t15-,16-,17+,18+,19+,21+/m0/s1. The van der Waals surface area contributed by atoms with E-state index in [-0.39, 0.29) is 0 Å². The molecule has 0 aliphatic carbocycles. The number of ether oxygens (including phenoxy) is 7. The topological polar surface area (TPSA) is 179 Å². The summed E-state index contributed by atoms with van der Waals surface area (Å²) in [5.41, 5.74) is 0. The van der Waals surface area contributed by atoms with Gasteiger partial charge in [0.2, 0.25) is 5.91 Å². The number of amides is 1. The SMILES string of the molecule is COC(=O)[C@@]1(OC)C[C@H](OC(C)=O)[C@@H](NC(C)=O)[C@H]([C@H](OC(C)=O)[C@H](COC(C)=O)OC(C)=O)O1. The molecule has 35 heavy (non-hydrogen) atoms. The molecule has 0 spiro atoms. The van der Waals surface area contributed by atoms with Gasteiger partial charge in [-0.1, -0.05) is 0 Å². The van der Waals surface area contributed by atoms with E-state index in [0.717, 1.165) is 41.9 Å². The monoisotopic (exact) mass is 505 g/mol. The molecule has 1 amide bonds. The highest BCUT2D eigenvalue weighted by Gasteiger charge is 2.58. The number of rotatable bonds is 10. The fourth-order valence-corrected chi connectivity index (χ4v) is 3.61. The molecular weight excluding hydrogens is 474 g/mol. The second-order valence-electron chi connectivity index (χ2n) is 7.63. The van der Waals surface area contributed by atoms with Gasteiger partial charge in [0.15, 0.2) is 12.2 Å². The molecule has 0 aromatic heterocycles. The summed E-state index contributed by atoms with van der Waals surface area (Å²) >= 11 is 0. The number of carbonyl (C=O) groups is 6. The Labute approximate surface area is 201 Å². The number of hydrogen-bond acceptors (Lipinski definition) is 13. The Morgan fingerprint density at radius 3 is 1.94 bits per heavy atom. The second-order valence-corrected chi connectivity index (χ2v) is 7.63. The summed E-state index contributed by atoms with van der Waals surface area (Å²) in [6, 6.07) is -1.23. The van der Waals surface area contributed by atoms with Gasteiger partial charge in [0.25, 0.3) is 5.79 Å². The van der Waals surface area contributed by atoms with Crippen molar-refractivity contribution in [3.8, 4) is 0 Å². The predicted octanol–water partition coefficient (Wildman–Crippen LogP) is -0.846. The second kappa shape index (κ2) is 13.0. The molecule has 198 valence electrons. The van der Waals surface area contributed by atoms with Crippen LogP contribution in [0.1, 0.15) is 41.0 Å². The van der Waals surface area contributed by atoms with E-state index in [2.05, 4.69) is 5.32 Å². The van der Waals surface area contributed by atoms with Crippen molar-refractivity contribution in [2.45, 2.75) is 77.3 Å². The van der Waals surface area contributed by atoms with Crippen molar-refractivity contribution in [3.63, 3.8) is 0 Å².